The van der Waals surface area contributed by atoms with E-state index < -0.39 is 0 Å². The second kappa shape index (κ2) is 4.23. The normalized spacial score (nSPS) is 19.4. The minimum absolute atomic E-state index is 0.357. The number of likely N-dealkylation sites (N-methyl/N-ethyl adjacent to an activating group) is 1. The first-order valence-corrected chi connectivity index (χ1v) is 3.92. The zero-order chi connectivity index (χ0) is 8.97. The van der Waals surface area contributed by atoms with Crippen LogP contribution < -0.4 is 0 Å². The van der Waals surface area contributed by atoms with Gasteiger partial charge in [-0.3, -0.25) is 9.80 Å². The second-order valence-electron chi connectivity index (χ2n) is 2.91. The van der Waals surface area contributed by atoms with Gasteiger partial charge in [0.05, 0.1) is 6.67 Å². The predicted molar refractivity (Wildman–Crippen MR) is 45.4 cm³/mol. The van der Waals surface area contributed by atoms with E-state index in [1.54, 1.807) is 0 Å². The number of hydrogen-bond acceptors (Lipinski definition) is 4. The van der Waals surface area contributed by atoms with Crippen LogP contribution in [0.25, 0.3) is 0 Å². The lowest BCUT2D eigenvalue weighted by atomic mass is 10.6. The highest BCUT2D eigenvalue weighted by Crippen LogP contribution is 2.00. The van der Waals surface area contributed by atoms with Crippen LogP contribution in [-0.4, -0.2) is 49.3 Å². The number of carbonyl (C=O) groups excluding carboxylic acids is 1. The Morgan fingerprint density at radius 2 is 2.42 bits per heavy atom. The lowest BCUT2D eigenvalue weighted by molar-refractivity contribution is -0.142. The molecule has 0 radical (unpaired) electrons. The van der Waals surface area contributed by atoms with Gasteiger partial charge in [0, 0.05) is 19.2 Å². The fraction of sp³-hybridized carbons (Fsp3) is 0.625. The Morgan fingerprint density at radius 3 is 2.92 bits per heavy atom. The number of hydrogen-bond donors (Lipinski definition) is 0. The first-order chi connectivity index (χ1) is 5.72. The Labute approximate surface area is 72.4 Å². The van der Waals surface area contributed by atoms with E-state index >= 15 is 0 Å². The minimum atomic E-state index is -0.357. The number of nitrogens with zero attached hydrogens (tertiary/aromatic N) is 2. The molecule has 0 unspecified atom stereocenters. The third-order valence-corrected chi connectivity index (χ3v) is 1.80. The number of carbonyl (C=O) groups is 1. The molecule has 1 aliphatic rings. The van der Waals surface area contributed by atoms with Crippen molar-refractivity contribution in [2.45, 2.75) is 0 Å². The number of rotatable bonds is 3. The zero-order valence-corrected chi connectivity index (χ0v) is 7.32. The summed E-state index contributed by atoms with van der Waals surface area (Å²) >= 11 is 0. The van der Waals surface area contributed by atoms with Gasteiger partial charge in [0.1, 0.15) is 6.73 Å². The molecule has 0 aromatic heterocycles. The second-order valence-corrected chi connectivity index (χ2v) is 2.91. The van der Waals surface area contributed by atoms with Crippen molar-refractivity contribution in [3.05, 3.63) is 12.7 Å². The van der Waals surface area contributed by atoms with E-state index in [1.165, 1.54) is 6.08 Å². The molecule has 0 amide bonds. The molecule has 1 heterocycles. The highest BCUT2D eigenvalue weighted by molar-refractivity contribution is 5.81. The van der Waals surface area contributed by atoms with Gasteiger partial charge in [0.25, 0.3) is 0 Å². The molecule has 1 aliphatic heterocycles. The van der Waals surface area contributed by atoms with E-state index in [0.29, 0.717) is 6.73 Å². The predicted octanol–water partition coefficient (Wildman–Crippen LogP) is -0.122. The summed E-state index contributed by atoms with van der Waals surface area (Å²) in [7, 11) is 2.04. The number of ether oxygens (including phenoxy) is 1. The molecule has 0 aliphatic carbocycles. The summed E-state index contributed by atoms with van der Waals surface area (Å²) in [4.78, 5) is 14.9. The standard InChI is InChI=1S/C8H14N2O2/c1-3-8(11)12-7-10-5-4-9(2)6-10/h3H,1,4-7H2,2H3. The molecule has 0 aromatic carbocycles. The maximum atomic E-state index is 10.7. The van der Waals surface area contributed by atoms with Crippen LogP contribution >= 0.6 is 0 Å². The molecule has 0 spiro atoms. The monoisotopic (exact) mass is 170 g/mol. The molecule has 4 heteroatoms. The summed E-state index contributed by atoms with van der Waals surface area (Å²) in [6, 6.07) is 0. The molecule has 1 rings (SSSR count). The Balaban J connectivity index is 2.15. The highest BCUT2D eigenvalue weighted by atomic mass is 16.5. The Hall–Kier alpha value is -0.870. The SMILES string of the molecule is C=CC(=O)OCN1CCN(C)C1. The zero-order valence-electron chi connectivity index (χ0n) is 7.32. The van der Waals surface area contributed by atoms with Gasteiger partial charge in [-0.2, -0.15) is 0 Å². The van der Waals surface area contributed by atoms with Crippen molar-refractivity contribution in [3.63, 3.8) is 0 Å². The molecule has 4 nitrogen and oxygen atoms in total. The smallest absolute Gasteiger partial charge is 0.331 e. The third-order valence-electron chi connectivity index (χ3n) is 1.80. The van der Waals surface area contributed by atoms with Gasteiger partial charge < -0.3 is 4.74 Å². The van der Waals surface area contributed by atoms with E-state index in [-0.39, 0.29) is 5.97 Å². The van der Waals surface area contributed by atoms with Gasteiger partial charge in [0.15, 0.2) is 0 Å². The summed E-state index contributed by atoms with van der Waals surface area (Å²) in [5.74, 6) is -0.357. The van der Waals surface area contributed by atoms with Crippen LogP contribution in [0, 0.1) is 0 Å². The van der Waals surface area contributed by atoms with Gasteiger partial charge in [0.2, 0.25) is 0 Å². The fourth-order valence-corrected chi connectivity index (χ4v) is 1.11. The molecule has 12 heavy (non-hydrogen) atoms. The van der Waals surface area contributed by atoms with E-state index in [1.807, 2.05) is 7.05 Å². The maximum Gasteiger partial charge on any atom is 0.331 e. The van der Waals surface area contributed by atoms with Crippen LogP contribution in [0.2, 0.25) is 0 Å². The molecule has 0 aromatic rings. The molecule has 1 saturated heterocycles. The van der Waals surface area contributed by atoms with E-state index in [0.717, 1.165) is 19.8 Å². The van der Waals surface area contributed by atoms with Crippen LogP contribution in [0.5, 0.6) is 0 Å². The van der Waals surface area contributed by atoms with Crippen molar-refractivity contribution >= 4 is 5.97 Å². The average molecular weight is 170 g/mol. The summed E-state index contributed by atoms with van der Waals surface area (Å²) in [5.41, 5.74) is 0. The van der Waals surface area contributed by atoms with Crippen molar-refractivity contribution in [2.24, 2.45) is 0 Å². The molecule has 0 saturated carbocycles. The lowest BCUT2D eigenvalue weighted by Crippen LogP contribution is -2.26. The first-order valence-electron chi connectivity index (χ1n) is 3.92. The summed E-state index contributed by atoms with van der Waals surface area (Å²) in [6.45, 7) is 6.55. The quantitative estimate of drug-likeness (QED) is 0.436. The molecule has 0 N–H and O–H groups in total. The molecule has 0 bridgehead atoms. The summed E-state index contributed by atoms with van der Waals surface area (Å²) in [5, 5.41) is 0. The lowest BCUT2D eigenvalue weighted by Gasteiger charge is -2.14. The van der Waals surface area contributed by atoms with Crippen LogP contribution in [0.1, 0.15) is 0 Å². The largest absolute Gasteiger partial charge is 0.446 e. The Morgan fingerprint density at radius 1 is 1.67 bits per heavy atom. The topological polar surface area (TPSA) is 32.8 Å². The average Bonchev–Trinajstić information content (AvgIpc) is 2.47. The van der Waals surface area contributed by atoms with Gasteiger partial charge >= 0.3 is 5.97 Å². The molecular formula is C8H14N2O2. The first kappa shape index (κ1) is 9.22. The molecule has 1 fully saturated rings. The maximum absolute atomic E-state index is 10.7. The van der Waals surface area contributed by atoms with Crippen LogP contribution in [0.3, 0.4) is 0 Å². The molecule has 68 valence electrons. The van der Waals surface area contributed by atoms with E-state index in [9.17, 15) is 4.79 Å². The van der Waals surface area contributed by atoms with Crippen LogP contribution in [-0.2, 0) is 9.53 Å². The van der Waals surface area contributed by atoms with Gasteiger partial charge in [-0.1, -0.05) is 6.58 Å². The van der Waals surface area contributed by atoms with Crippen molar-refractivity contribution in [1.29, 1.82) is 0 Å². The van der Waals surface area contributed by atoms with Crippen molar-refractivity contribution in [1.82, 2.24) is 9.80 Å². The summed E-state index contributed by atoms with van der Waals surface area (Å²) < 4.78 is 4.87. The van der Waals surface area contributed by atoms with E-state index in [4.69, 9.17) is 4.74 Å². The number of esters is 1. The van der Waals surface area contributed by atoms with Gasteiger partial charge in [-0.05, 0) is 7.05 Å². The minimum Gasteiger partial charge on any atom is -0.446 e. The third kappa shape index (κ3) is 2.64. The van der Waals surface area contributed by atoms with Crippen molar-refractivity contribution in [2.75, 3.05) is 33.5 Å². The highest BCUT2D eigenvalue weighted by Gasteiger charge is 2.16. The summed E-state index contributed by atoms with van der Waals surface area (Å²) in [6.07, 6.45) is 1.18. The van der Waals surface area contributed by atoms with Gasteiger partial charge in [-0.15, -0.1) is 0 Å². The van der Waals surface area contributed by atoms with Crippen LogP contribution in [0.15, 0.2) is 12.7 Å². The Bertz CT molecular complexity index is 182. The molecular weight excluding hydrogens is 156 g/mol. The van der Waals surface area contributed by atoms with Crippen LogP contribution in [0.4, 0.5) is 0 Å². The van der Waals surface area contributed by atoms with Gasteiger partial charge in [-0.25, -0.2) is 4.79 Å². The Kier molecular flexibility index (Phi) is 3.25. The van der Waals surface area contributed by atoms with Crippen molar-refractivity contribution in [3.8, 4) is 0 Å². The van der Waals surface area contributed by atoms with E-state index in [2.05, 4.69) is 16.4 Å². The van der Waals surface area contributed by atoms with Crippen molar-refractivity contribution < 1.29 is 9.53 Å². The fourth-order valence-electron chi connectivity index (χ4n) is 1.11. The molecule has 0 atom stereocenters.